The highest BCUT2D eigenvalue weighted by Crippen LogP contribution is 2.27. The number of aromatic amines is 1. The molecule has 0 fully saturated rings. The van der Waals surface area contributed by atoms with Crippen molar-refractivity contribution >= 4 is 27.8 Å². The first-order valence-electron chi connectivity index (χ1n) is 6.92. The van der Waals surface area contributed by atoms with Crippen LogP contribution in [0.4, 0.5) is 0 Å². The first-order valence-corrected chi connectivity index (χ1v) is 6.92. The summed E-state index contributed by atoms with van der Waals surface area (Å²) < 4.78 is 5.56. The van der Waals surface area contributed by atoms with Gasteiger partial charge in [-0.2, -0.15) is 0 Å². The van der Waals surface area contributed by atoms with Gasteiger partial charge in [0, 0.05) is 36.6 Å². The van der Waals surface area contributed by atoms with Crippen molar-refractivity contribution in [1.29, 1.82) is 0 Å². The standard InChI is InChI=1S/C16H17N3O2/c1-3-19(2)15(20)10-21-11-6-7-12-13-5-4-8-17-16(13)18-14(12)9-11/h4-9H,3,10H2,1-2H3,(H,17,18). The van der Waals surface area contributed by atoms with E-state index >= 15 is 0 Å². The van der Waals surface area contributed by atoms with Gasteiger partial charge in [-0.25, -0.2) is 4.98 Å². The van der Waals surface area contributed by atoms with Crippen LogP contribution in [-0.2, 0) is 4.79 Å². The second-order valence-corrected chi connectivity index (χ2v) is 4.93. The highest BCUT2D eigenvalue weighted by Gasteiger charge is 2.09. The molecule has 0 bridgehead atoms. The number of carbonyl (C=O) groups is 1. The SMILES string of the molecule is CCN(C)C(=O)COc1ccc2c(c1)[nH]c1ncccc12. The van der Waals surface area contributed by atoms with Crippen LogP contribution < -0.4 is 4.74 Å². The van der Waals surface area contributed by atoms with Crippen LogP contribution in [0.25, 0.3) is 21.9 Å². The molecule has 3 rings (SSSR count). The lowest BCUT2D eigenvalue weighted by Gasteiger charge is -2.14. The number of H-pyrrole nitrogens is 1. The lowest BCUT2D eigenvalue weighted by molar-refractivity contribution is -0.131. The molecule has 3 aromatic rings. The van der Waals surface area contributed by atoms with Crippen LogP contribution in [-0.4, -0.2) is 41.0 Å². The van der Waals surface area contributed by atoms with Gasteiger partial charge < -0.3 is 14.6 Å². The second-order valence-electron chi connectivity index (χ2n) is 4.93. The van der Waals surface area contributed by atoms with Gasteiger partial charge in [0.25, 0.3) is 5.91 Å². The Morgan fingerprint density at radius 1 is 1.33 bits per heavy atom. The summed E-state index contributed by atoms with van der Waals surface area (Å²) in [5, 5.41) is 2.18. The van der Waals surface area contributed by atoms with Gasteiger partial charge in [0.2, 0.25) is 0 Å². The number of aromatic nitrogens is 2. The minimum atomic E-state index is -0.0316. The van der Waals surface area contributed by atoms with Gasteiger partial charge in [0.15, 0.2) is 6.61 Å². The van der Waals surface area contributed by atoms with Crippen LogP contribution in [0.3, 0.4) is 0 Å². The molecule has 21 heavy (non-hydrogen) atoms. The van der Waals surface area contributed by atoms with E-state index < -0.39 is 0 Å². The average Bonchev–Trinajstić information content (AvgIpc) is 2.89. The number of hydrogen-bond acceptors (Lipinski definition) is 3. The highest BCUT2D eigenvalue weighted by molar-refractivity contribution is 6.06. The first-order chi connectivity index (χ1) is 10.2. The number of likely N-dealkylation sites (N-methyl/N-ethyl adjacent to an activating group) is 1. The maximum Gasteiger partial charge on any atom is 0.260 e. The predicted molar refractivity (Wildman–Crippen MR) is 82.4 cm³/mol. The van der Waals surface area contributed by atoms with E-state index in [9.17, 15) is 4.79 Å². The van der Waals surface area contributed by atoms with Crippen molar-refractivity contribution in [3.8, 4) is 5.75 Å². The summed E-state index contributed by atoms with van der Waals surface area (Å²) in [4.78, 5) is 20.9. The average molecular weight is 283 g/mol. The third-order valence-electron chi connectivity index (χ3n) is 3.60. The van der Waals surface area contributed by atoms with Gasteiger partial charge in [-0.05, 0) is 31.2 Å². The van der Waals surface area contributed by atoms with Gasteiger partial charge in [-0.1, -0.05) is 0 Å². The molecule has 108 valence electrons. The predicted octanol–water partition coefficient (Wildman–Crippen LogP) is 2.57. The molecule has 0 aliphatic rings. The highest BCUT2D eigenvalue weighted by atomic mass is 16.5. The Hall–Kier alpha value is -2.56. The van der Waals surface area contributed by atoms with Crippen molar-refractivity contribution in [1.82, 2.24) is 14.9 Å². The maximum atomic E-state index is 11.7. The number of nitrogens with zero attached hydrogens (tertiary/aromatic N) is 2. The summed E-state index contributed by atoms with van der Waals surface area (Å²) >= 11 is 0. The van der Waals surface area contributed by atoms with Crippen molar-refractivity contribution < 1.29 is 9.53 Å². The fourth-order valence-corrected chi connectivity index (χ4v) is 2.23. The minimum Gasteiger partial charge on any atom is -0.484 e. The topological polar surface area (TPSA) is 58.2 Å². The van der Waals surface area contributed by atoms with Crippen LogP contribution >= 0.6 is 0 Å². The van der Waals surface area contributed by atoms with E-state index in [0.29, 0.717) is 12.3 Å². The second kappa shape index (κ2) is 5.44. The van der Waals surface area contributed by atoms with E-state index in [4.69, 9.17) is 4.74 Å². The van der Waals surface area contributed by atoms with Crippen molar-refractivity contribution in [2.24, 2.45) is 0 Å². The number of amides is 1. The maximum absolute atomic E-state index is 11.7. The molecule has 0 aliphatic carbocycles. The van der Waals surface area contributed by atoms with Gasteiger partial charge in [-0.3, -0.25) is 4.79 Å². The van der Waals surface area contributed by atoms with Gasteiger partial charge in [-0.15, -0.1) is 0 Å². The smallest absolute Gasteiger partial charge is 0.260 e. The van der Waals surface area contributed by atoms with E-state index in [2.05, 4.69) is 9.97 Å². The summed E-state index contributed by atoms with van der Waals surface area (Å²) in [5.41, 5.74) is 1.81. The summed E-state index contributed by atoms with van der Waals surface area (Å²) in [6.45, 7) is 2.66. The van der Waals surface area contributed by atoms with Crippen molar-refractivity contribution in [3.63, 3.8) is 0 Å². The molecule has 2 heterocycles. The van der Waals surface area contributed by atoms with Crippen LogP contribution in [0.2, 0.25) is 0 Å². The number of benzene rings is 1. The number of carbonyl (C=O) groups excluding carboxylic acids is 1. The van der Waals surface area contributed by atoms with Crippen molar-refractivity contribution in [2.45, 2.75) is 6.92 Å². The Balaban J connectivity index is 1.84. The molecule has 5 heteroatoms. The zero-order chi connectivity index (χ0) is 14.8. The molecule has 1 aromatic carbocycles. The normalized spacial score (nSPS) is 11.0. The molecule has 5 nitrogen and oxygen atoms in total. The molecule has 0 saturated heterocycles. The molecule has 0 saturated carbocycles. The van der Waals surface area contributed by atoms with Gasteiger partial charge in [0.05, 0.1) is 5.52 Å². The Bertz CT molecular complexity index is 794. The van der Waals surface area contributed by atoms with Crippen LogP contribution in [0.5, 0.6) is 5.75 Å². The van der Waals surface area contributed by atoms with Crippen LogP contribution in [0.15, 0.2) is 36.5 Å². The van der Waals surface area contributed by atoms with Crippen LogP contribution in [0, 0.1) is 0 Å². The number of hydrogen-bond donors (Lipinski definition) is 1. The monoisotopic (exact) mass is 283 g/mol. The fourth-order valence-electron chi connectivity index (χ4n) is 2.23. The molecule has 0 aliphatic heterocycles. The number of ether oxygens (including phenoxy) is 1. The Morgan fingerprint density at radius 2 is 2.19 bits per heavy atom. The molecule has 0 atom stereocenters. The first kappa shape index (κ1) is 13.4. The molecule has 1 amide bonds. The quantitative estimate of drug-likeness (QED) is 0.800. The van der Waals surface area contributed by atoms with Gasteiger partial charge in [0.1, 0.15) is 11.4 Å². The molecule has 2 aromatic heterocycles. The van der Waals surface area contributed by atoms with Gasteiger partial charge >= 0.3 is 0 Å². The summed E-state index contributed by atoms with van der Waals surface area (Å²) in [6, 6.07) is 9.71. The number of rotatable bonds is 4. The Labute approximate surface area is 122 Å². The summed E-state index contributed by atoms with van der Waals surface area (Å²) in [7, 11) is 1.76. The zero-order valence-electron chi connectivity index (χ0n) is 12.1. The van der Waals surface area contributed by atoms with E-state index in [0.717, 1.165) is 21.9 Å². The Kier molecular flexibility index (Phi) is 3.48. The van der Waals surface area contributed by atoms with E-state index in [1.54, 1.807) is 18.1 Å². The van der Waals surface area contributed by atoms with E-state index in [1.165, 1.54) is 0 Å². The number of pyridine rings is 1. The molecule has 0 radical (unpaired) electrons. The molecule has 0 unspecified atom stereocenters. The number of fused-ring (bicyclic) bond motifs is 3. The Morgan fingerprint density at radius 3 is 3.00 bits per heavy atom. The van der Waals surface area contributed by atoms with Crippen molar-refractivity contribution in [3.05, 3.63) is 36.5 Å². The lowest BCUT2D eigenvalue weighted by atomic mass is 10.2. The van der Waals surface area contributed by atoms with E-state index in [-0.39, 0.29) is 12.5 Å². The third-order valence-corrected chi connectivity index (χ3v) is 3.60. The third kappa shape index (κ3) is 2.54. The zero-order valence-corrected chi connectivity index (χ0v) is 12.1. The number of nitrogens with one attached hydrogen (secondary N) is 1. The molecular formula is C16H17N3O2. The fraction of sp³-hybridized carbons (Fsp3) is 0.250. The molecule has 0 spiro atoms. The largest absolute Gasteiger partial charge is 0.484 e. The molecular weight excluding hydrogens is 266 g/mol. The van der Waals surface area contributed by atoms with E-state index in [1.807, 2.05) is 37.3 Å². The van der Waals surface area contributed by atoms with Crippen LogP contribution in [0.1, 0.15) is 6.92 Å². The lowest BCUT2D eigenvalue weighted by Crippen LogP contribution is -2.31. The summed E-state index contributed by atoms with van der Waals surface area (Å²) in [6.07, 6.45) is 1.76. The minimum absolute atomic E-state index is 0.0316. The molecule has 1 N–H and O–H groups in total. The van der Waals surface area contributed by atoms with Crippen molar-refractivity contribution in [2.75, 3.05) is 20.2 Å². The summed E-state index contributed by atoms with van der Waals surface area (Å²) in [5.74, 6) is 0.641.